The van der Waals surface area contributed by atoms with Gasteiger partial charge in [-0.2, -0.15) is 11.8 Å². The van der Waals surface area contributed by atoms with E-state index in [4.69, 9.17) is 0 Å². The first kappa shape index (κ1) is 18.4. The van der Waals surface area contributed by atoms with Crippen LogP contribution in [0.1, 0.15) is 25.3 Å². The predicted octanol–water partition coefficient (Wildman–Crippen LogP) is 2.36. The number of rotatable bonds is 10. The fourth-order valence-corrected chi connectivity index (χ4v) is 3.41. The van der Waals surface area contributed by atoms with Crippen LogP contribution in [-0.2, 0) is 16.6 Å². The Morgan fingerprint density at radius 2 is 2.05 bits per heavy atom. The Bertz CT molecular complexity index is 536. The van der Waals surface area contributed by atoms with Crippen LogP contribution in [0, 0.1) is 5.82 Å². The summed E-state index contributed by atoms with van der Waals surface area (Å²) in [6.07, 6.45) is 3.67. The van der Waals surface area contributed by atoms with Gasteiger partial charge in [-0.15, -0.1) is 0 Å². The third-order valence-electron chi connectivity index (χ3n) is 2.86. The van der Waals surface area contributed by atoms with Crippen LogP contribution in [0.15, 0.2) is 23.1 Å². The Kier molecular flexibility index (Phi) is 8.24. The molecule has 0 bridgehead atoms. The second-order valence-electron chi connectivity index (χ2n) is 4.69. The Hall–Kier alpha value is -0.630. The highest BCUT2D eigenvalue weighted by Gasteiger charge is 2.18. The summed E-state index contributed by atoms with van der Waals surface area (Å²) >= 11 is 1.65. The molecule has 0 aliphatic rings. The SMILES string of the molecule is CCCNCc1ccc(F)c(S(=O)(=O)NCCCSC)c1. The Balaban J connectivity index is 2.77. The lowest BCUT2D eigenvalue weighted by Crippen LogP contribution is -2.26. The molecule has 0 spiro atoms. The van der Waals surface area contributed by atoms with Crippen LogP contribution >= 0.6 is 11.8 Å². The van der Waals surface area contributed by atoms with Gasteiger partial charge in [-0.1, -0.05) is 13.0 Å². The van der Waals surface area contributed by atoms with E-state index in [1.807, 2.05) is 13.2 Å². The molecule has 0 heterocycles. The van der Waals surface area contributed by atoms with Crippen molar-refractivity contribution in [3.63, 3.8) is 0 Å². The van der Waals surface area contributed by atoms with Crippen molar-refractivity contribution in [2.24, 2.45) is 0 Å². The van der Waals surface area contributed by atoms with E-state index < -0.39 is 15.8 Å². The minimum Gasteiger partial charge on any atom is -0.313 e. The summed E-state index contributed by atoms with van der Waals surface area (Å²) in [7, 11) is -3.79. The highest BCUT2D eigenvalue weighted by molar-refractivity contribution is 7.98. The first-order valence-electron chi connectivity index (χ1n) is 6.99. The lowest BCUT2D eigenvalue weighted by Gasteiger charge is -2.10. The molecule has 0 saturated carbocycles. The van der Waals surface area contributed by atoms with Crippen LogP contribution < -0.4 is 10.0 Å². The minimum absolute atomic E-state index is 0.276. The van der Waals surface area contributed by atoms with Crippen molar-refractivity contribution >= 4 is 21.8 Å². The molecule has 0 fully saturated rings. The molecule has 1 aromatic rings. The number of thioether (sulfide) groups is 1. The number of benzene rings is 1. The van der Waals surface area contributed by atoms with Crippen LogP contribution in [0.3, 0.4) is 0 Å². The van der Waals surface area contributed by atoms with Gasteiger partial charge in [0.2, 0.25) is 10.0 Å². The number of nitrogens with one attached hydrogen (secondary N) is 2. The van der Waals surface area contributed by atoms with Gasteiger partial charge in [0.1, 0.15) is 10.7 Å². The normalized spacial score (nSPS) is 11.8. The molecule has 0 amide bonds. The molecule has 0 aliphatic carbocycles. The smallest absolute Gasteiger partial charge is 0.243 e. The van der Waals surface area contributed by atoms with Crippen molar-refractivity contribution < 1.29 is 12.8 Å². The molecule has 21 heavy (non-hydrogen) atoms. The average Bonchev–Trinajstić information content (AvgIpc) is 2.45. The summed E-state index contributed by atoms with van der Waals surface area (Å²) in [6, 6.07) is 4.21. The fourth-order valence-electron chi connectivity index (χ4n) is 1.77. The topological polar surface area (TPSA) is 58.2 Å². The maximum atomic E-state index is 13.8. The standard InChI is InChI=1S/C14H23FN2O2S2/c1-3-7-16-11-12-5-6-13(15)14(10-12)21(18,19)17-8-4-9-20-2/h5-6,10,16-17H,3-4,7-9,11H2,1-2H3. The average molecular weight is 334 g/mol. The summed E-state index contributed by atoms with van der Waals surface area (Å²) in [5.41, 5.74) is 0.759. The number of halogens is 1. The van der Waals surface area contributed by atoms with Gasteiger partial charge >= 0.3 is 0 Å². The summed E-state index contributed by atoms with van der Waals surface area (Å²) in [6.45, 7) is 3.74. The van der Waals surface area contributed by atoms with Crippen molar-refractivity contribution in [2.45, 2.75) is 31.2 Å². The highest BCUT2D eigenvalue weighted by Crippen LogP contribution is 2.16. The largest absolute Gasteiger partial charge is 0.313 e. The Labute approximate surface area is 131 Å². The molecule has 120 valence electrons. The van der Waals surface area contributed by atoms with E-state index in [9.17, 15) is 12.8 Å². The van der Waals surface area contributed by atoms with Gasteiger partial charge in [-0.3, -0.25) is 0 Å². The monoisotopic (exact) mass is 334 g/mol. The minimum atomic E-state index is -3.79. The molecule has 1 rings (SSSR count). The van der Waals surface area contributed by atoms with E-state index >= 15 is 0 Å². The number of sulfonamides is 1. The second kappa shape index (κ2) is 9.40. The predicted molar refractivity (Wildman–Crippen MR) is 86.6 cm³/mol. The summed E-state index contributed by atoms with van der Waals surface area (Å²) in [5, 5.41) is 3.17. The van der Waals surface area contributed by atoms with Crippen molar-refractivity contribution in [1.29, 1.82) is 0 Å². The third-order valence-corrected chi connectivity index (χ3v) is 5.03. The molecule has 0 atom stereocenters. The molecule has 0 radical (unpaired) electrons. The van der Waals surface area contributed by atoms with Crippen LogP contribution in [0.25, 0.3) is 0 Å². The van der Waals surface area contributed by atoms with E-state index in [1.165, 1.54) is 12.1 Å². The molecule has 0 aliphatic heterocycles. The van der Waals surface area contributed by atoms with Crippen molar-refractivity contribution in [3.8, 4) is 0 Å². The molecule has 0 saturated heterocycles. The van der Waals surface area contributed by atoms with Crippen molar-refractivity contribution in [3.05, 3.63) is 29.6 Å². The lowest BCUT2D eigenvalue weighted by molar-refractivity contribution is 0.555. The lowest BCUT2D eigenvalue weighted by atomic mass is 10.2. The van der Waals surface area contributed by atoms with E-state index in [1.54, 1.807) is 17.8 Å². The van der Waals surface area contributed by atoms with Crippen LogP contribution in [0.2, 0.25) is 0 Å². The van der Waals surface area contributed by atoms with Gasteiger partial charge in [0.05, 0.1) is 0 Å². The maximum absolute atomic E-state index is 13.8. The van der Waals surface area contributed by atoms with Gasteiger partial charge in [-0.05, 0) is 49.1 Å². The maximum Gasteiger partial charge on any atom is 0.243 e. The van der Waals surface area contributed by atoms with E-state index in [0.717, 1.165) is 30.7 Å². The third kappa shape index (κ3) is 6.34. The Morgan fingerprint density at radius 1 is 1.29 bits per heavy atom. The fraction of sp³-hybridized carbons (Fsp3) is 0.571. The van der Waals surface area contributed by atoms with Gasteiger partial charge in [-0.25, -0.2) is 17.5 Å². The molecule has 0 aromatic heterocycles. The van der Waals surface area contributed by atoms with Crippen LogP contribution in [0.5, 0.6) is 0 Å². The van der Waals surface area contributed by atoms with Crippen molar-refractivity contribution in [1.82, 2.24) is 10.0 Å². The molecule has 0 unspecified atom stereocenters. The first-order chi connectivity index (χ1) is 10.0. The van der Waals surface area contributed by atoms with Gasteiger partial charge < -0.3 is 5.32 Å². The number of hydrogen-bond acceptors (Lipinski definition) is 4. The van der Waals surface area contributed by atoms with Crippen LogP contribution in [0.4, 0.5) is 4.39 Å². The molecular weight excluding hydrogens is 311 g/mol. The zero-order valence-corrected chi connectivity index (χ0v) is 14.1. The summed E-state index contributed by atoms with van der Waals surface area (Å²) in [4.78, 5) is -0.276. The molecule has 2 N–H and O–H groups in total. The molecule has 7 heteroatoms. The second-order valence-corrected chi connectivity index (χ2v) is 7.41. The summed E-state index contributed by atoms with van der Waals surface area (Å²) < 4.78 is 40.5. The number of hydrogen-bond donors (Lipinski definition) is 2. The molecular formula is C14H23FN2O2S2. The first-order valence-corrected chi connectivity index (χ1v) is 9.86. The van der Waals surface area contributed by atoms with E-state index in [-0.39, 0.29) is 4.90 Å². The van der Waals surface area contributed by atoms with Gasteiger partial charge in [0.15, 0.2) is 0 Å². The zero-order valence-electron chi connectivity index (χ0n) is 12.5. The highest BCUT2D eigenvalue weighted by atomic mass is 32.2. The molecule has 4 nitrogen and oxygen atoms in total. The summed E-state index contributed by atoms with van der Waals surface area (Å²) in [5.74, 6) is 0.151. The Morgan fingerprint density at radius 3 is 2.71 bits per heavy atom. The van der Waals surface area contributed by atoms with Gasteiger partial charge in [0, 0.05) is 13.1 Å². The van der Waals surface area contributed by atoms with Crippen molar-refractivity contribution in [2.75, 3.05) is 25.1 Å². The van der Waals surface area contributed by atoms with Gasteiger partial charge in [0.25, 0.3) is 0 Å². The quantitative estimate of drug-likeness (QED) is 0.645. The van der Waals surface area contributed by atoms with E-state index in [2.05, 4.69) is 10.0 Å². The molecule has 1 aromatic carbocycles. The zero-order chi connectivity index (χ0) is 15.7. The van der Waals surface area contributed by atoms with Crippen LogP contribution in [-0.4, -0.2) is 33.5 Å². The van der Waals surface area contributed by atoms with E-state index in [0.29, 0.717) is 13.1 Å².